The molecule has 0 unspecified atom stereocenters. The van der Waals surface area contributed by atoms with Crippen LogP contribution in [-0.4, -0.2) is 10.2 Å². The molecule has 18 heavy (non-hydrogen) atoms. The molecule has 2 N–H and O–H groups in total. The van der Waals surface area contributed by atoms with Gasteiger partial charge in [0.2, 0.25) is 0 Å². The number of hydrogen-bond acceptors (Lipinski definition) is 2. The highest BCUT2D eigenvalue weighted by Gasteiger charge is 2.27. The van der Waals surface area contributed by atoms with Crippen LogP contribution >= 0.6 is 0 Å². The predicted octanol–water partition coefficient (Wildman–Crippen LogP) is 4.11. The van der Waals surface area contributed by atoms with Crippen molar-refractivity contribution in [2.45, 2.75) is 32.6 Å². The third kappa shape index (κ3) is 2.42. The molecule has 0 saturated heterocycles. The molecule has 0 spiro atoms. The van der Waals surface area contributed by atoms with Gasteiger partial charge in [-0.25, -0.2) is 0 Å². The van der Waals surface area contributed by atoms with Crippen molar-refractivity contribution < 1.29 is 10.2 Å². The lowest BCUT2D eigenvalue weighted by Gasteiger charge is -2.31. The van der Waals surface area contributed by atoms with Gasteiger partial charge in [-0.3, -0.25) is 0 Å². The summed E-state index contributed by atoms with van der Waals surface area (Å²) in [6, 6.07) is 4.84. The number of allylic oxidation sites excluding steroid dienone is 3. The normalized spacial score (nSPS) is 23.6. The molecule has 0 radical (unpaired) electrons. The van der Waals surface area contributed by atoms with Crippen molar-refractivity contribution in [3.63, 3.8) is 0 Å². The Hall–Kier alpha value is -1.70. The van der Waals surface area contributed by atoms with E-state index in [1.165, 1.54) is 11.6 Å². The second-order valence-electron chi connectivity index (χ2n) is 5.27. The summed E-state index contributed by atoms with van der Waals surface area (Å²) < 4.78 is 0. The molecule has 0 bridgehead atoms. The molecule has 0 saturated carbocycles. The van der Waals surface area contributed by atoms with E-state index in [4.69, 9.17) is 0 Å². The van der Waals surface area contributed by atoms with Crippen molar-refractivity contribution in [3.05, 3.63) is 47.6 Å². The lowest BCUT2D eigenvalue weighted by Crippen LogP contribution is -2.16. The Labute approximate surface area is 108 Å². The molecule has 1 aromatic carbocycles. The fourth-order valence-electron chi connectivity index (χ4n) is 2.74. The Morgan fingerprint density at radius 1 is 1.33 bits per heavy atom. The van der Waals surface area contributed by atoms with Gasteiger partial charge in [-0.15, -0.1) is 0 Å². The van der Waals surface area contributed by atoms with E-state index in [1.54, 1.807) is 12.1 Å². The molecule has 0 aliphatic heterocycles. The van der Waals surface area contributed by atoms with Crippen LogP contribution in [0.4, 0.5) is 0 Å². The third-order valence-corrected chi connectivity index (χ3v) is 3.75. The fourth-order valence-corrected chi connectivity index (χ4v) is 2.74. The minimum Gasteiger partial charge on any atom is -0.508 e. The van der Waals surface area contributed by atoms with Gasteiger partial charge >= 0.3 is 0 Å². The van der Waals surface area contributed by atoms with Crippen LogP contribution in [0.3, 0.4) is 0 Å². The maximum Gasteiger partial charge on any atom is 0.123 e. The molecule has 1 aliphatic carbocycles. The van der Waals surface area contributed by atoms with E-state index in [2.05, 4.69) is 19.6 Å². The summed E-state index contributed by atoms with van der Waals surface area (Å²) in [6.07, 6.45) is 4.38. The molecule has 2 nitrogen and oxygen atoms in total. The highest BCUT2D eigenvalue weighted by Crippen LogP contribution is 2.43. The first kappa shape index (κ1) is 12.7. The van der Waals surface area contributed by atoms with E-state index in [1.807, 2.05) is 6.92 Å². The molecular formula is C16H20O2. The minimum atomic E-state index is 0.0969. The van der Waals surface area contributed by atoms with E-state index in [9.17, 15) is 10.2 Å². The summed E-state index contributed by atoms with van der Waals surface area (Å²) in [4.78, 5) is 0. The van der Waals surface area contributed by atoms with E-state index in [0.717, 1.165) is 24.0 Å². The van der Waals surface area contributed by atoms with Crippen molar-refractivity contribution in [2.75, 3.05) is 0 Å². The molecule has 0 amide bonds. The summed E-state index contributed by atoms with van der Waals surface area (Å²) in [5, 5.41) is 19.4. The molecule has 2 atom stereocenters. The van der Waals surface area contributed by atoms with Crippen molar-refractivity contribution in [1.82, 2.24) is 0 Å². The average molecular weight is 244 g/mol. The number of hydrogen-bond donors (Lipinski definition) is 2. The van der Waals surface area contributed by atoms with E-state index in [0.29, 0.717) is 5.92 Å². The summed E-state index contributed by atoms with van der Waals surface area (Å²) in [5.41, 5.74) is 3.38. The summed E-state index contributed by atoms with van der Waals surface area (Å²) in [6.45, 7) is 8.24. The molecule has 2 rings (SSSR count). The van der Waals surface area contributed by atoms with Gasteiger partial charge in [0, 0.05) is 17.5 Å². The number of aromatic hydroxyl groups is 2. The topological polar surface area (TPSA) is 40.5 Å². The zero-order chi connectivity index (χ0) is 13.3. The van der Waals surface area contributed by atoms with Gasteiger partial charge in [0.05, 0.1) is 0 Å². The summed E-state index contributed by atoms with van der Waals surface area (Å²) in [5.74, 6) is 0.790. The largest absolute Gasteiger partial charge is 0.508 e. The Balaban J connectivity index is 2.44. The highest BCUT2D eigenvalue weighted by atomic mass is 16.3. The maximum absolute atomic E-state index is 10.0. The van der Waals surface area contributed by atoms with Gasteiger partial charge in [0.1, 0.15) is 11.5 Å². The molecule has 0 fully saturated rings. The first-order valence-electron chi connectivity index (χ1n) is 6.33. The molecule has 1 aromatic rings. The number of phenolic OH excluding ortho intramolecular Hbond substituents is 2. The molecule has 2 heteroatoms. The molecular weight excluding hydrogens is 224 g/mol. The maximum atomic E-state index is 10.0. The van der Waals surface area contributed by atoms with Crippen LogP contribution in [0.1, 0.15) is 38.2 Å². The standard InChI is InChI=1S/C16H20O2/c1-10(2)13-6-4-11(3)8-15(13)14-7-5-12(17)9-16(14)18/h5,7-9,13,15,17-18H,1,4,6H2,2-3H3/t13-,15+/m0/s1. The summed E-state index contributed by atoms with van der Waals surface area (Å²) in [7, 11) is 0. The summed E-state index contributed by atoms with van der Waals surface area (Å²) >= 11 is 0. The van der Waals surface area contributed by atoms with Crippen LogP contribution in [0.25, 0.3) is 0 Å². The van der Waals surface area contributed by atoms with Gasteiger partial charge in [0.25, 0.3) is 0 Å². The van der Waals surface area contributed by atoms with Crippen molar-refractivity contribution in [2.24, 2.45) is 5.92 Å². The van der Waals surface area contributed by atoms with Crippen LogP contribution in [0.15, 0.2) is 42.0 Å². The van der Waals surface area contributed by atoms with E-state index >= 15 is 0 Å². The van der Waals surface area contributed by atoms with Crippen LogP contribution in [0.2, 0.25) is 0 Å². The van der Waals surface area contributed by atoms with Crippen LogP contribution in [0.5, 0.6) is 11.5 Å². The zero-order valence-electron chi connectivity index (χ0n) is 11.0. The first-order valence-corrected chi connectivity index (χ1v) is 6.33. The monoisotopic (exact) mass is 244 g/mol. The second kappa shape index (κ2) is 4.89. The average Bonchev–Trinajstić information content (AvgIpc) is 2.28. The van der Waals surface area contributed by atoms with Gasteiger partial charge in [-0.05, 0) is 38.7 Å². The highest BCUT2D eigenvalue weighted by molar-refractivity contribution is 5.44. The number of rotatable bonds is 2. The van der Waals surface area contributed by atoms with Crippen molar-refractivity contribution >= 4 is 0 Å². The predicted molar refractivity (Wildman–Crippen MR) is 73.8 cm³/mol. The quantitative estimate of drug-likeness (QED) is 0.768. The second-order valence-corrected chi connectivity index (χ2v) is 5.27. The molecule has 0 aromatic heterocycles. The first-order chi connectivity index (χ1) is 8.49. The van der Waals surface area contributed by atoms with Gasteiger partial charge in [0.15, 0.2) is 0 Å². The van der Waals surface area contributed by atoms with Crippen molar-refractivity contribution in [1.29, 1.82) is 0 Å². The Morgan fingerprint density at radius 2 is 2.06 bits per heavy atom. The number of benzene rings is 1. The van der Waals surface area contributed by atoms with Gasteiger partial charge < -0.3 is 10.2 Å². The van der Waals surface area contributed by atoms with E-state index in [-0.39, 0.29) is 17.4 Å². The Morgan fingerprint density at radius 3 is 2.67 bits per heavy atom. The molecule has 1 aliphatic rings. The third-order valence-electron chi connectivity index (χ3n) is 3.75. The lowest BCUT2D eigenvalue weighted by atomic mass is 9.74. The van der Waals surface area contributed by atoms with Crippen molar-refractivity contribution in [3.8, 4) is 11.5 Å². The Kier molecular flexibility index (Phi) is 3.46. The molecule has 0 heterocycles. The van der Waals surface area contributed by atoms with Crippen LogP contribution in [-0.2, 0) is 0 Å². The minimum absolute atomic E-state index is 0.0969. The van der Waals surface area contributed by atoms with Crippen LogP contribution < -0.4 is 0 Å². The fraction of sp³-hybridized carbons (Fsp3) is 0.375. The Bertz CT molecular complexity index is 500. The SMILES string of the molecule is C=C(C)[C@@H]1CCC(C)=C[C@H]1c1ccc(O)cc1O. The smallest absolute Gasteiger partial charge is 0.123 e. The van der Waals surface area contributed by atoms with E-state index < -0.39 is 0 Å². The van der Waals surface area contributed by atoms with Gasteiger partial charge in [-0.2, -0.15) is 0 Å². The van der Waals surface area contributed by atoms with Gasteiger partial charge in [-0.1, -0.05) is 29.9 Å². The zero-order valence-corrected chi connectivity index (χ0v) is 11.0. The van der Waals surface area contributed by atoms with Crippen LogP contribution in [0, 0.1) is 5.92 Å². The number of phenols is 2. The molecule has 96 valence electrons. The lowest BCUT2D eigenvalue weighted by molar-refractivity contribution is 0.426.